The number of unbranched alkanes of at least 4 members (excludes halogenated alkanes) is 30. The fraction of sp³-hybridized carbons (Fsp3) is 0.833. The lowest BCUT2D eigenvalue weighted by atomic mass is 9.99. The molecule has 7 atom stereocenters. The van der Waals surface area contributed by atoms with Crippen LogP contribution in [-0.2, 0) is 23.8 Å². The van der Waals surface area contributed by atoms with Gasteiger partial charge in [0, 0.05) is 12.8 Å². The third-order valence-electron chi connectivity index (χ3n) is 13.7. The molecule has 71 heavy (non-hydrogen) atoms. The van der Waals surface area contributed by atoms with Crippen LogP contribution in [0.3, 0.4) is 0 Å². The Morgan fingerprint density at radius 1 is 0.521 bits per heavy atom. The summed E-state index contributed by atoms with van der Waals surface area (Å²) in [6.45, 7) is 4.16. The molecule has 0 bridgehead atoms. The molecule has 1 aliphatic rings. The number of amides is 1. The number of hydrogen-bond acceptors (Lipinski definition) is 10. The summed E-state index contributed by atoms with van der Waals surface area (Å²) in [7, 11) is 0. The van der Waals surface area contributed by atoms with Crippen LogP contribution in [0.2, 0.25) is 0 Å². The minimum absolute atomic E-state index is 0.0480. The lowest BCUT2D eigenvalue weighted by Crippen LogP contribution is -2.60. The molecule has 0 radical (unpaired) electrons. The molecule has 414 valence electrons. The third kappa shape index (κ3) is 39.7. The fourth-order valence-electron chi connectivity index (χ4n) is 8.99. The van der Waals surface area contributed by atoms with Crippen LogP contribution in [0, 0.1) is 0 Å². The number of aliphatic hydroxyl groups excluding tert-OH is 5. The Morgan fingerprint density at radius 3 is 1.51 bits per heavy atom. The largest absolute Gasteiger partial charge is 0.465 e. The van der Waals surface area contributed by atoms with E-state index < -0.39 is 49.5 Å². The Kier molecular flexibility index (Phi) is 46.7. The minimum Gasteiger partial charge on any atom is -0.465 e. The molecule has 6 N–H and O–H groups in total. The first-order chi connectivity index (χ1) is 34.7. The van der Waals surface area contributed by atoms with Gasteiger partial charge in [0.05, 0.1) is 32.0 Å². The molecule has 0 aliphatic carbocycles. The quantitative estimate of drug-likeness (QED) is 0.0195. The highest BCUT2D eigenvalue weighted by atomic mass is 16.7. The molecular formula is C60H109NO10. The highest BCUT2D eigenvalue weighted by Crippen LogP contribution is 2.23. The van der Waals surface area contributed by atoms with Gasteiger partial charge >= 0.3 is 5.97 Å². The Bertz CT molecular complexity index is 1320. The molecule has 1 rings (SSSR count). The first kappa shape index (κ1) is 66.6. The predicted molar refractivity (Wildman–Crippen MR) is 292 cm³/mol. The highest BCUT2D eigenvalue weighted by Gasteiger charge is 2.44. The second-order valence-corrected chi connectivity index (χ2v) is 20.3. The molecule has 0 aromatic rings. The molecule has 1 amide bonds. The van der Waals surface area contributed by atoms with E-state index in [0.29, 0.717) is 19.4 Å². The molecule has 11 nitrogen and oxygen atoms in total. The number of hydrogen-bond donors (Lipinski definition) is 6. The van der Waals surface area contributed by atoms with E-state index in [1.54, 1.807) is 6.08 Å². The minimum atomic E-state index is -1.58. The normalized spacial score (nSPS) is 19.5. The van der Waals surface area contributed by atoms with Crippen LogP contribution in [0.25, 0.3) is 0 Å². The van der Waals surface area contributed by atoms with Crippen molar-refractivity contribution in [2.75, 3.05) is 19.8 Å². The second-order valence-electron chi connectivity index (χ2n) is 20.3. The van der Waals surface area contributed by atoms with Crippen molar-refractivity contribution in [3.05, 3.63) is 48.6 Å². The SMILES string of the molecule is CCCCC/C=C/CC/C=C/C(O)C(COC1OC(CO)C(O)C(O)C1O)NC(=O)CCCCCCCCCCCCCCCC/C=C\C/C=C\CCOC(=O)CCCCCCCCCCCCCCC. The summed E-state index contributed by atoms with van der Waals surface area (Å²) in [6, 6.07) is -0.830. The van der Waals surface area contributed by atoms with Crippen molar-refractivity contribution in [3.63, 3.8) is 0 Å². The van der Waals surface area contributed by atoms with E-state index >= 15 is 0 Å². The van der Waals surface area contributed by atoms with E-state index in [4.69, 9.17) is 14.2 Å². The highest BCUT2D eigenvalue weighted by molar-refractivity contribution is 5.76. The summed E-state index contributed by atoms with van der Waals surface area (Å²) in [5, 5.41) is 54.1. The van der Waals surface area contributed by atoms with Crippen LogP contribution < -0.4 is 5.32 Å². The Labute approximate surface area is 434 Å². The Balaban J connectivity index is 2.05. The van der Waals surface area contributed by atoms with E-state index in [0.717, 1.165) is 77.0 Å². The van der Waals surface area contributed by atoms with E-state index in [9.17, 15) is 35.1 Å². The van der Waals surface area contributed by atoms with Gasteiger partial charge in [-0.2, -0.15) is 0 Å². The van der Waals surface area contributed by atoms with Gasteiger partial charge in [-0.15, -0.1) is 0 Å². The van der Waals surface area contributed by atoms with E-state index in [1.165, 1.54) is 154 Å². The van der Waals surface area contributed by atoms with Gasteiger partial charge in [0.15, 0.2) is 6.29 Å². The van der Waals surface area contributed by atoms with Gasteiger partial charge < -0.3 is 45.1 Å². The molecule has 0 aromatic heterocycles. The number of aliphatic hydroxyl groups is 5. The molecule has 1 fully saturated rings. The molecule has 0 spiro atoms. The van der Waals surface area contributed by atoms with Gasteiger partial charge in [-0.3, -0.25) is 9.59 Å². The lowest BCUT2D eigenvalue weighted by Gasteiger charge is -2.40. The van der Waals surface area contributed by atoms with Crippen molar-refractivity contribution in [2.24, 2.45) is 0 Å². The summed E-state index contributed by atoms with van der Waals surface area (Å²) in [5.41, 5.74) is 0. The number of allylic oxidation sites excluding steroid dienone is 6. The molecule has 11 heteroatoms. The first-order valence-electron chi connectivity index (χ1n) is 29.4. The summed E-state index contributed by atoms with van der Waals surface area (Å²) in [5.74, 6) is -0.248. The van der Waals surface area contributed by atoms with Crippen molar-refractivity contribution in [1.29, 1.82) is 0 Å². The van der Waals surface area contributed by atoms with Crippen LogP contribution in [0.5, 0.6) is 0 Å². The third-order valence-corrected chi connectivity index (χ3v) is 13.7. The van der Waals surface area contributed by atoms with Gasteiger partial charge in [0.2, 0.25) is 5.91 Å². The van der Waals surface area contributed by atoms with Crippen LogP contribution >= 0.6 is 0 Å². The number of carbonyl (C=O) groups is 2. The van der Waals surface area contributed by atoms with Crippen LogP contribution in [-0.4, -0.2) is 100 Å². The molecule has 1 aliphatic heterocycles. The monoisotopic (exact) mass is 1000 g/mol. The number of rotatable bonds is 50. The topological polar surface area (TPSA) is 175 Å². The van der Waals surface area contributed by atoms with Crippen molar-refractivity contribution >= 4 is 11.9 Å². The number of nitrogens with one attached hydrogen (secondary N) is 1. The van der Waals surface area contributed by atoms with Crippen molar-refractivity contribution in [3.8, 4) is 0 Å². The maximum absolute atomic E-state index is 13.0. The van der Waals surface area contributed by atoms with Crippen molar-refractivity contribution < 1.29 is 49.3 Å². The second kappa shape index (κ2) is 49.8. The van der Waals surface area contributed by atoms with Gasteiger partial charge in [-0.25, -0.2) is 0 Å². The van der Waals surface area contributed by atoms with E-state index in [1.807, 2.05) is 6.08 Å². The van der Waals surface area contributed by atoms with Gasteiger partial charge in [0.1, 0.15) is 24.4 Å². The zero-order chi connectivity index (χ0) is 51.7. The molecule has 7 unspecified atom stereocenters. The van der Waals surface area contributed by atoms with Gasteiger partial charge in [-0.05, 0) is 64.2 Å². The molecule has 1 heterocycles. The zero-order valence-electron chi connectivity index (χ0n) is 45.4. The van der Waals surface area contributed by atoms with Crippen molar-refractivity contribution in [2.45, 2.75) is 301 Å². The van der Waals surface area contributed by atoms with Crippen LogP contribution in [0.15, 0.2) is 48.6 Å². The Morgan fingerprint density at radius 2 is 0.958 bits per heavy atom. The van der Waals surface area contributed by atoms with E-state index in [-0.39, 0.29) is 18.5 Å². The molecule has 1 saturated heterocycles. The maximum Gasteiger partial charge on any atom is 0.305 e. The summed E-state index contributed by atoms with van der Waals surface area (Å²) < 4.78 is 16.6. The number of esters is 1. The lowest BCUT2D eigenvalue weighted by molar-refractivity contribution is -0.302. The van der Waals surface area contributed by atoms with Crippen molar-refractivity contribution in [1.82, 2.24) is 5.32 Å². The van der Waals surface area contributed by atoms with E-state index in [2.05, 4.69) is 55.6 Å². The summed E-state index contributed by atoms with van der Waals surface area (Å²) in [4.78, 5) is 25.0. The fourth-order valence-corrected chi connectivity index (χ4v) is 8.99. The molecule has 0 saturated carbocycles. The number of ether oxygens (including phenoxy) is 3. The van der Waals surface area contributed by atoms with Gasteiger partial charge in [0.25, 0.3) is 0 Å². The number of carbonyl (C=O) groups excluding carboxylic acids is 2. The average molecular weight is 1000 g/mol. The molecule has 0 aromatic carbocycles. The maximum atomic E-state index is 13.0. The van der Waals surface area contributed by atoms with Crippen LogP contribution in [0.1, 0.15) is 258 Å². The Hall–Kier alpha value is -2.38. The summed E-state index contributed by atoms with van der Waals surface area (Å²) in [6.07, 6.45) is 52.4. The van der Waals surface area contributed by atoms with Gasteiger partial charge in [-0.1, -0.05) is 229 Å². The predicted octanol–water partition coefficient (Wildman–Crippen LogP) is 13.3. The van der Waals surface area contributed by atoms with Crippen LogP contribution in [0.4, 0.5) is 0 Å². The molecular weight excluding hydrogens is 895 g/mol. The average Bonchev–Trinajstić information content (AvgIpc) is 3.37. The smallest absolute Gasteiger partial charge is 0.305 e. The zero-order valence-corrected chi connectivity index (χ0v) is 45.4. The standard InChI is InChI=1S/C60H109NO10/c1-3-5-7-9-11-13-14-24-28-32-36-40-44-48-56(65)69-49-45-41-37-33-29-26-23-21-19-17-15-16-18-20-22-25-27-31-35-39-43-47-55(64)61-52(53(63)46-42-38-34-30-12-10-8-6-4-2)51-70-60-59(68)58(67)57(66)54(50-62)71-60/h12,26,29-30,37,41-42,46,52-54,57-60,62-63,66-68H,3-11,13-25,27-28,31-36,38-40,43-45,47-51H2,1-2H3,(H,61,64)/b29-26-,30-12+,41-37-,46-42+. The summed E-state index contributed by atoms with van der Waals surface area (Å²) >= 11 is 0. The first-order valence-corrected chi connectivity index (χ1v) is 29.4.